The Morgan fingerprint density at radius 2 is 2.10 bits per heavy atom. The van der Waals surface area contributed by atoms with Crippen LogP contribution in [0.5, 0.6) is 0 Å². The van der Waals surface area contributed by atoms with Gasteiger partial charge in [0.2, 0.25) is 5.91 Å². The summed E-state index contributed by atoms with van der Waals surface area (Å²) in [5.74, 6) is 0.977. The van der Waals surface area contributed by atoms with Crippen LogP contribution >= 0.6 is 15.9 Å². The van der Waals surface area contributed by atoms with E-state index in [9.17, 15) is 4.79 Å². The number of halogens is 1. The molecule has 4 rings (SSSR count). The summed E-state index contributed by atoms with van der Waals surface area (Å²) < 4.78 is 2.49. The summed E-state index contributed by atoms with van der Waals surface area (Å²) in [4.78, 5) is 17.4. The standard InChI is InChI=1S/C22H23BrN6O/c1-3-14-11-15(5-6-17(14)26-19-7-10-29(2)28-19)22(8-4-9-22)21(30)27-18-12-16(23)13-25-20(18)24/h3,5-7,10-13H,1,4,8-9H2,2H3,(H2,24,25)(H,26,28)(H,27,30). The molecule has 2 aromatic heterocycles. The highest BCUT2D eigenvalue weighted by Gasteiger charge is 2.46. The molecule has 8 heteroatoms. The maximum absolute atomic E-state index is 13.3. The fourth-order valence-corrected chi connectivity index (χ4v) is 4.06. The van der Waals surface area contributed by atoms with E-state index < -0.39 is 5.41 Å². The number of carbonyl (C=O) groups is 1. The van der Waals surface area contributed by atoms with Crippen LogP contribution in [0.15, 0.2) is 53.8 Å². The number of nitrogens with zero attached hydrogens (tertiary/aromatic N) is 3. The van der Waals surface area contributed by atoms with Crippen molar-refractivity contribution >= 4 is 50.9 Å². The number of hydrogen-bond acceptors (Lipinski definition) is 5. The van der Waals surface area contributed by atoms with Crippen LogP contribution in [0.4, 0.5) is 23.0 Å². The molecule has 1 amide bonds. The minimum atomic E-state index is -0.587. The number of carbonyl (C=O) groups excluding carboxylic acids is 1. The molecule has 30 heavy (non-hydrogen) atoms. The Balaban J connectivity index is 1.62. The average Bonchev–Trinajstić information content (AvgIpc) is 3.09. The molecule has 1 aliphatic carbocycles. The lowest BCUT2D eigenvalue weighted by Crippen LogP contribution is -2.46. The van der Waals surface area contributed by atoms with Crippen molar-refractivity contribution in [2.75, 3.05) is 16.4 Å². The molecule has 0 bridgehead atoms. The molecule has 0 unspecified atom stereocenters. The molecule has 1 aliphatic rings. The fourth-order valence-electron chi connectivity index (χ4n) is 3.73. The quantitative estimate of drug-likeness (QED) is 0.492. The monoisotopic (exact) mass is 466 g/mol. The highest BCUT2D eigenvalue weighted by Crippen LogP contribution is 2.46. The van der Waals surface area contributed by atoms with Crippen molar-refractivity contribution in [1.29, 1.82) is 0 Å². The Bertz CT molecular complexity index is 1120. The Morgan fingerprint density at radius 1 is 1.30 bits per heavy atom. The molecule has 3 aromatic rings. The number of anilines is 4. The Labute approximate surface area is 183 Å². The van der Waals surface area contributed by atoms with Crippen molar-refractivity contribution < 1.29 is 4.79 Å². The molecular formula is C22H23BrN6O. The molecule has 1 fully saturated rings. The molecule has 0 atom stereocenters. The summed E-state index contributed by atoms with van der Waals surface area (Å²) in [6, 6.07) is 9.67. The number of rotatable bonds is 6. The Morgan fingerprint density at radius 3 is 2.73 bits per heavy atom. The first-order valence-electron chi connectivity index (χ1n) is 9.67. The summed E-state index contributed by atoms with van der Waals surface area (Å²) in [6.07, 6.45) is 7.83. The molecule has 4 N–H and O–H groups in total. The third-order valence-electron chi connectivity index (χ3n) is 5.58. The van der Waals surface area contributed by atoms with E-state index in [0.29, 0.717) is 11.5 Å². The third-order valence-corrected chi connectivity index (χ3v) is 6.01. The second-order valence-corrected chi connectivity index (χ2v) is 8.40. The summed E-state index contributed by atoms with van der Waals surface area (Å²) in [5.41, 5.74) is 8.64. The van der Waals surface area contributed by atoms with Gasteiger partial charge in [0.05, 0.1) is 11.1 Å². The van der Waals surface area contributed by atoms with Gasteiger partial charge in [-0.1, -0.05) is 25.1 Å². The maximum Gasteiger partial charge on any atom is 0.235 e. The van der Waals surface area contributed by atoms with Gasteiger partial charge in [-0.05, 0) is 58.1 Å². The van der Waals surface area contributed by atoms with Gasteiger partial charge in [-0.25, -0.2) is 4.98 Å². The zero-order valence-corrected chi connectivity index (χ0v) is 18.2. The second-order valence-electron chi connectivity index (χ2n) is 7.48. The summed E-state index contributed by atoms with van der Waals surface area (Å²) in [7, 11) is 1.87. The number of pyridine rings is 1. The number of nitrogens with one attached hydrogen (secondary N) is 2. The van der Waals surface area contributed by atoms with Gasteiger partial charge in [-0.15, -0.1) is 0 Å². The summed E-state index contributed by atoms with van der Waals surface area (Å²) in [5, 5.41) is 10.6. The maximum atomic E-state index is 13.3. The highest BCUT2D eigenvalue weighted by molar-refractivity contribution is 9.10. The van der Waals surface area contributed by atoms with Gasteiger partial charge in [0, 0.05) is 35.7 Å². The van der Waals surface area contributed by atoms with Crippen molar-refractivity contribution in [3.63, 3.8) is 0 Å². The summed E-state index contributed by atoms with van der Waals surface area (Å²) in [6.45, 7) is 3.94. The highest BCUT2D eigenvalue weighted by atomic mass is 79.9. The topological polar surface area (TPSA) is 97.9 Å². The molecule has 2 heterocycles. The van der Waals surface area contributed by atoms with Gasteiger partial charge >= 0.3 is 0 Å². The lowest BCUT2D eigenvalue weighted by Gasteiger charge is -2.41. The molecular weight excluding hydrogens is 444 g/mol. The van der Waals surface area contributed by atoms with Gasteiger partial charge in [-0.3, -0.25) is 9.48 Å². The third kappa shape index (κ3) is 3.70. The van der Waals surface area contributed by atoms with Crippen LogP contribution in [0.2, 0.25) is 0 Å². The van der Waals surface area contributed by atoms with E-state index in [1.54, 1.807) is 23.0 Å². The van der Waals surface area contributed by atoms with Gasteiger partial charge in [0.1, 0.15) is 5.82 Å². The first-order valence-corrected chi connectivity index (χ1v) is 10.5. The zero-order chi connectivity index (χ0) is 21.3. The largest absolute Gasteiger partial charge is 0.382 e. The smallest absolute Gasteiger partial charge is 0.235 e. The molecule has 7 nitrogen and oxygen atoms in total. The number of aromatic nitrogens is 3. The fraction of sp³-hybridized carbons (Fsp3) is 0.227. The Hall–Kier alpha value is -3.13. The van der Waals surface area contributed by atoms with Crippen molar-refractivity contribution in [1.82, 2.24) is 14.8 Å². The average molecular weight is 467 g/mol. The first kappa shape index (κ1) is 20.2. The van der Waals surface area contributed by atoms with Crippen molar-refractivity contribution in [2.24, 2.45) is 7.05 Å². The first-order chi connectivity index (χ1) is 14.4. The van der Waals surface area contributed by atoms with Crippen LogP contribution in [-0.2, 0) is 17.3 Å². The lowest BCUT2D eigenvalue weighted by molar-refractivity contribution is -0.124. The molecule has 0 radical (unpaired) electrons. The van der Waals surface area contributed by atoms with E-state index >= 15 is 0 Å². The predicted octanol–water partition coefficient (Wildman–Crippen LogP) is 4.61. The van der Waals surface area contributed by atoms with Gasteiger partial charge in [-0.2, -0.15) is 5.10 Å². The van der Waals surface area contributed by atoms with Crippen LogP contribution in [0.1, 0.15) is 30.4 Å². The van der Waals surface area contributed by atoms with Crippen LogP contribution in [-0.4, -0.2) is 20.7 Å². The number of nitrogens with two attached hydrogens (primary N) is 1. The van der Waals surface area contributed by atoms with Crippen molar-refractivity contribution in [3.8, 4) is 0 Å². The number of nitrogen functional groups attached to an aromatic ring is 1. The zero-order valence-electron chi connectivity index (χ0n) is 16.7. The van der Waals surface area contributed by atoms with Crippen molar-refractivity contribution in [3.05, 3.63) is 64.9 Å². The minimum Gasteiger partial charge on any atom is -0.382 e. The number of aryl methyl sites for hydroxylation is 1. The van der Waals surface area contributed by atoms with Gasteiger partial charge in [0.25, 0.3) is 0 Å². The van der Waals surface area contributed by atoms with Crippen LogP contribution in [0.3, 0.4) is 0 Å². The van der Waals surface area contributed by atoms with Crippen LogP contribution in [0, 0.1) is 0 Å². The summed E-state index contributed by atoms with van der Waals surface area (Å²) >= 11 is 3.37. The molecule has 1 saturated carbocycles. The van der Waals surface area contributed by atoms with E-state index in [2.05, 4.69) is 43.2 Å². The second kappa shape index (κ2) is 7.95. The Kier molecular flexibility index (Phi) is 5.34. The molecule has 0 saturated heterocycles. The number of hydrogen-bond donors (Lipinski definition) is 3. The molecule has 1 aromatic carbocycles. The molecule has 154 valence electrons. The van der Waals surface area contributed by atoms with E-state index in [1.165, 1.54) is 0 Å². The van der Waals surface area contributed by atoms with Crippen molar-refractivity contribution in [2.45, 2.75) is 24.7 Å². The van der Waals surface area contributed by atoms with E-state index in [-0.39, 0.29) is 5.91 Å². The van der Waals surface area contributed by atoms with Crippen LogP contribution in [0.25, 0.3) is 6.08 Å². The normalized spacial score (nSPS) is 14.6. The number of amides is 1. The lowest BCUT2D eigenvalue weighted by atomic mass is 9.63. The number of benzene rings is 1. The predicted molar refractivity (Wildman–Crippen MR) is 124 cm³/mol. The van der Waals surface area contributed by atoms with Crippen LogP contribution < -0.4 is 16.4 Å². The minimum absolute atomic E-state index is 0.0687. The van der Waals surface area contributed by atoms with E-state index in [4.69, 9.17) is 5.73 Å². The SMILES string of the molecule is C=Cc1cc(C2(C(=O)Nc3cc(Br)cnc3N)CCC2)ccc1Nc1ccn(C)n1. The van der Waals surface area contributed by atoms with E-state index in [0.717, 1.165) is 46.4 Å². The molecule has 0 spiro atoms. The molecule has 0 aliphatic heterocycles. The van der Waals surface area contributed by atoms with Gasteiger partial charge in [0.15, 0.2) is 5.82 Å². The van der Waals surface area contributed by atoms with E-state index in [1.807, 2.05) is 37.5 Å². The van der Waals surface area contributed by atoms with Gasteiger partial charge < -0.3 is 16.4 Å².